The van der Waals surface area contributed by atoms with E-state index in [0.29, 0.717) is 11.8 Å². The molecule has 0 bridgehead atoms. The molecule has 4 atom stereocenters. The zero-order chi connectivity index (χ0) is 23.4. The van der Waals surface area contributed by atoms with Gasteiger partial charge in [0.15, 0.2) is 0 Å². The number of benzene rings is 1. The van der Waals surface area contributed by atoms with Crippen LogP contribution in [0.3, 0.4) is 0 Å². The van der Waals surface area contributed by atoms with E-state index in [0.717, 1.165) is 49.1 Å². The van der Waals surface area contributed by atoms with Crippen LogP contribution in [0.15, 0.2) is 24.3 Å². The van der Waals surface area contributed by atoms with Crippen molar-refractivity contribution in [1.82, 2.24) is 0 Å². The Morgan fingerprint density at radius 2 is 1.67 bits per heavy atom. The van der Waals surface area contributed by atoms with Gasteiger partial charge in [0, 0.05) is 17.7 Å². The van der Waals surface area contributed by atoms with Gasteiger partial charge in [0.05, 0.1) is 5.92 Å². The first-order valence-electron chi connectivity index (χ1n) is 13.2. The summed E-state index contributed by atoms with van der Waals surface area (Å²) >= 11 is 0. The molecule has 3 aliphatic rings. The molecule has 3 saturated carbocycles. The minimum Gasteiger partial charge on any atom is -0.426 e. The van der Waals surface area contributed by atoms with Gasteiger partial charge >= 0.3 is 5.97 Å². The number of carbonyl (C=O) groups is 1. The van der Waals surface area contributed by atoms with E-state index in [1.54, 1.807) is 0 Å². The number of halogens is 2. The molecule has 4 unspecified atom stereocenters. The Hall–Kier alpha value is -1.71. The molecule has 2 nitrogen and oxygen atoms in total. The van der Waals surface area contributed by atoms with Gasteiger partial charge in [-0.15, -0.1) is 0 Å². The second kappa shape index (κ2) is 11.1. The van der Waals surface area contributed by atoms with Crippen molar-refractivity contribution < 1.29 is 18.3 Å². The van der Waals surface area contributed by atoms with Crippen LogP contribution in [0.1, 0.15) is 89.5 Å². The van der Waals surface area contributed by atoms with Crippen LogP contribution in [0.2, 0.25) is 0 Å². The van der Waals surface area contributed by atoms with Gasteiger partial charge in [0.1, 0.15) is 17.4 Å². The minimum absolute atomic E-state index is 0.0115. The molecule has 33 heavy (non-hydrogen) atoms. The van der Waals surface area contributed by atoms with Crippen LogP contribution in [0.25, 0.3) is 0 Å². The third-order valence-corrected chi connectivity index (χ3v) is 9.00. The van der Waals surface area contributed by atoms with Crippen molar-refractivity contribution in [2.75, 3.05) is 0 Å². The largest absolute Gasteiger partial charge is 0.426 e. The van der Waals surface area contributed by atoms with Crippen molar-refractivity contribution in [1.29, 1.82) is 0 Å². The van der Waals surface area contributed by atoms with Crippen LogP contribution in [-0.4, -0.2) is 5.97 Å². The Kier molecular flexibility index (Phi) is 8.24. The molecular formula is C29H40F2O2. The second-order valence-corrected chi connectivity index (χ2v) is 10.9. The Morgan fingerprint density at radius 1 is 0.970 bits per heavy atom. The predicted molar refractivity (Wildman–Crippen MR) is 128 cm³/mol. The lowest BCUT2D eigenvalue weighted by Crippen LogP contribution is -2.40. The monoisotopic (exact) mass is 458 g/mol. The first kappa shape index (κ1) is 24.4. The standard InChI is InChI=1S/C29H40F2O2/c1-3-4-5-7-20-10-12-21(13-11-20)22-14-15-25-23(16-22)8-6-9-26(25)29(32)33-24-17-27(30)19(2)28(31)18-24/h3-4,17-18,20-23,25-26H,5-16H2,1-2H3/b4-3+. The summed E-state index contributed by atoms with van der Waals surface area (Å²) in [5.41, 5.74) is -0.0438. The van der Waals surface area contributed by atoms with Crippen LogP contribution in [0.5, 0.6) is 5.75 Å². The fraction of sp³-hybridized carbons (Fsp3) is 0.690. The van der Waals surface area contributed by atoms with Gasteiger partial charge in [-0.2, -0.15) is 0 Å². The highest BCUT2D eigenvalue weighted by atomic mass is 19.1. The lowest BCUT2D eigenvalue weighted by molar-refractivity contribution is -0.144. The number of esters is 1. The van der Waals surface area contributed by atoms with E-state index >= 15 is 0 Å². The van der Waals surface area contributed by atoms with E-state index < -0.39 is 11.6 Å². The van der Waals surface area contributed by atoms with Gasteiger partial charge in [-0.3, -0.25) is 4.79 Å². The maximum Gasteiger partial charge on any atom is 0.314 e. The number of rotatable bonds is 6. The smallest absolute Gasteiger partial charge is 0.314 e. The van der Waals surface area contributed by atoms with Crippen molar-refractivity contribution >= 4 is 5.97 Å². The third kappa shape index (κ3) is 5.87. The molecule has 4 heteroatoms. The first-order chi connectivity index (χ1) is 16.0. The van der Waals surface area contributed by atoms with Crippen LogP contribution in [0.4, 0.5) is 8.78 Å². The second-order valence-electron chi connectivity index (χ2n) is 10.9. The number of hydrogen-bond donors (Lipinski definition) is 0. The summed E-state index contributed by atoms with van der Waals surface area (Å²) in [6, 6.07) is 2.25. The molecule has 0 saturated heterocycles. The summed E-state index contributed by atoms with van der Waals surface area (Å²) in [6.45, 7) is 3.49. The summed E-state index contributed by atoms with van der Waals surface area (Å²) in [5, 5.41) is 0. The molecule has 4 rings (SSSR count). The molecule has 0 aromatic heterocycles. The molecule has 182 valence electrons. The summed E-state index contributed by atoms with van der Waals surface area (Å²) in [6.07, 6.45) is 19.2. The van der Waals surface area contributed by atoms with E-state index in [2.05, 4.69) is 19.1 Å². The molecule has 0 N–H and O–H groups in total. The number of ether oxygens (including phenoxy) is 1. The van der Waals surface area contributed by atoms with Gasteiger partial charge in [0.25, 0.3) is 0 Å². The summed E-state index contributed by atoms with van der Waals surface area (Å²) < 4.78 is 33.3. The molecule has 0 aliphatic heterocycles. The SMILES string of the molecule is C/C=C/CCC1CCC(C2CCC3C(CCCC3C(=O)Oc3cc(F)c(C)c(F)c3)C2)CC1. The average molecular weight is 459 g/mol. The highest BCUT2D eigenvalue weighted by Crippen LogP contribution is 2.50. The molecule has 0 radical (unpaired) electrons. The summed E-state index contributed by atoms with van der Waals surface area (Å²) in [7, 11) is 0. The number of fused-ring (bicyclic) bond motifs is 1. The van der Waals surface area contributed by atoms with Crippen molar-refractivity contribution in [2.24, 2.45) is 35.5 Å². The van der Waals surface area contributed by atoms with Crippen LogP contribution >= 0.6 is 0 Å². The first-order valence-corrected chi connectivity index (χ1v) is 13.2. The van der Waals surface area contributed by atoms with E-state index in [1.807, 2.05) is 0 Å². The number of hydrogen-bond acceptors (Lipinski definition) is 2. The fourth-order valence-corrected chi connectivity index (χ4v) is 7.04. The van der Waals surface area contributed by atoms with Gasteiger partial charge < -0.3 is 4.74 Å². The van der Waals surface area contributed by atoms with Crippen LogP contribution < -0.4 is 4.74 Å². The van der Waals surface area contributed by atoms with Crippen LogP contribution in [-0.2, 0) is 4.79 Å². The van der Waals surface area contributed by atoms with Crippen LogP contribution in [0, 0.1) is 54.1 Å². The van der Waals surface area contributed by atoms with Crippen molar-refractivity contribution in [3.05, 3.63) is 41.5 Å². The molecule has 3 fully saturated rings. The summed E-state index contributed by atoms with van der Waals surface area (Å²) in [5.74, 6) is 1.72. The predicted octanol–water partition coefficient (Wildman–Crippen LogP) is 8.17. The average Bonchev–Trinajstić information content (AvgIpc) is 2.82. The highest BCUT2D eigenvalue weighted by molar-refractivity contribution is 5.75. The maximum absolute atomic E-state index is 13.9. The van der Waals surface area contributed by atoms with Gasteiger partial charge in [-0.1, -0.05) is 37.8 Å². The topological polar surface area (TPSA) is 26.3 Å². The lowest BCUT2D eigenvalue weighted by atomic mass is 9.59. The molecule has 0 amide bonds. The maximum atomic E-state index is 13.9. The Labute approximate surface area is 198 Å². The Balaban J connectivity index is 1.31. The Bertz CT molecular complexity index is 817. The van der Waals surface area contributed by atoms with E-state index in [9.17, 15) is 13.6 Å². The molecule has 0 spiro atoms. The van der Waals surface area contributed by atoms with Gasteiger partial charge in [-0.05, 0) is 94.8 Å². The van der Waals surface area contributed by atoms with Crippen molar-refractivity contribution in [3.8, 4) is 5.75 Å². The third-order valence-electron chi connectivity index (χ3n) is 9.00. The van der Waals surface area contributed by atoms with Crippen molar-refractivity contribution in [2.45, 2.75) is 90.9 Å². The normalized spacial score (nSPS) is 32.5. The van der Waals surface area contributed by atoms with E-state index in [1.165, 1.54) is 64.7 Å². The van der Waals surface area contributed by atoms with E-state index in [-0.39, 0.29) is 23.2 Å². The summed E-state index contributed by atoms with van der Waals surface area (Å²) in [4.78, 5) is 13.0. The zero-order valence-corrected chi connectivity index (χ0v) is 20.3. The fourth-order valence-electron chi connectivity index (χ4n) is 7.04. The highest BCUT2D eigenvalue weighted by Gasteiger charge is 2.43. The quantitative estimate of drug-likeness (QED) is 0.244. The van der Waals surface area contributed by atoms with Gasteiger partial charge in [-0.25, -0.2) is 8.78 Å². The molecule has 3 aliphatic carbocycles. The minimum atomic E-state index is -0.670. The Morgan fingerprint density at radius 3 is 2.36 bits per heavy atom. The zero-order valence-electron chi connectivity index (χ0n) is 20.3. The van der Waals surface area contributed by atoms with E-state index in [4.69, 9.17) is 4.74 Å². The number of carbonyl (C=O) groups excluding carboxylic acids is 1. The van der Waals surface area contributed by atoms with Gasteiger partial charge in [0.2, 0.25) is 0 Å². The number of allylic oxidation sites excluding steroid dienone is 2. The molecule has 0 heterocycles. The molecular weight excluding hydrogens is 418 g/mol. The molecule has 1 aromatic rings. The van der Waals surface area contributed by atoms with Crippen molar-refractivity contribution in [3.63, 3.8) is 0 Å². The molecule has 1 aromatic carbocycles. The lowest BCUT2D eigenvalue weighted by Gasteiger charge is -2.46.